The molecule has 0 spiro atoms. The van der Waals surface area contributed by atoms with Gasteiger partial charge in [-0.2, -0.15) is 0 Å². The third-order valence-corrected chi connectivity index (χ3v) is 6.38. The number of Topliss-reactive ketones (excluding diaryl/α,β-unsaturated/α-hetero) is 1. The summed E-state index contributed by atoms with van der Waals surface area (Å²) in [6, 6.07) is 11.6. The first-order valence-corrected chi connectivity index (χ1v) is 10.1. The molecule has 1 aliphatic heterocycles. The zero-order valence-corrected chi connectivity index (χ0v) is 16.5. The number of ketones is 1. The number of thiazole rings is 1. The van der Waals surface area contributed by atoms with E-state index < -0.39 is 5.92 Å². The van der Waals surface area contributed by atoms with Crippen LogP contribution in [0, 0.1) is 5.41 Å². The Morgan fingerprint density at radius 3 is 2.71 bits per heavy atom. The van der Waals surface area contributed by atoms with Crippen LogP contribution in [-0.2, 0) is 9.53 Å². The highest BCUT2D eigenvalue weighted by Gasteiger charge is 2.44. The number of allylic oxidation sites excluding steroid dienone is 3. The maximum Gasteiger partial charge on any atom is 0.197 e. The van der Waals surface area contributed by atoms with E-state index in [1.807, 2.05) is 36.4 Å². The number of rotatable bonds is 2. The van der Waals surface area contributed by atoms with Crippen LogP contribution < -0.4 is 5.73 Å². The summed E-state index contributed by atoms with van der Waals surface area (Å²) in [4.78, 5) is 17.9. The molecule has 2 aliphatic rings. The van der Waals surface area contributed by atoms with Crippen molar-refractivity contribution in [2.75, 3.05) is 0 Å². The van der Waals surface area contributed by atoms with Gasteiger partial charge in [0.1, 0.15) is 16.5 Å². The third-order valence-electron chi connectivity index (χ3n) is 5.31. The quantitative estimate of drug-likeness (QED) is 0.666. The number of aromatic nitrogens is 1. The molecule has 5 nitrogen and oxygen atoms in total. The van der Waals surface area contributed by atoms with Gasteiger partial charge in [0.25, 0.3) is 0 Å². The molecular weight excluding hydrogens is 372 g/mol. The van der Waals surface area contributed by atoms with Gasteiger partial charge < -0.3 is 14.9 Å². The lowest BCUT2D eigenvalue weighted by molar-refractivity contribution is -0.119. The molecule has 5 rings (SSSR count). The first-order chi connectivity index (χ1) is 13.4. The van der Waals surface area contributed by atoms with E-state index in [9.17, 15) is 4.79 Å². The van der Waals surface area contributed by atoms with Gasteiger partial charge in [-0.25, -0.2) is 4.98 Å². The second-order valence-corrected chi connectivity index (χ2v) is 9.12. The van der Waals surface area contributed by atoms with Gasteiger partial charge in [0.15, 0.2) is 11.7 Å². The first-order valence-electron chi connectivity index (χ1n) is 9.26. The molecule has 0 bridgehead atoms. The molecule has 0 amide bonds. The fourth-order valence-corrected chi connectivity index (χ4v) is 5.17. The van der Waals surface area contributed by atoms with Gasteiger partial charge in [0.05, 0.1) is 28.0 Å². The van der Waals surface area contributed by atoms with Crippen LogP contribution in [-0.4, -0.2) is 10.8 Å². The predicted octanol–water partition coefficient (Wildman–Crippen LogP) is 4.97. The minimum absolute atomic E-state index is 0.0822. The number of hydrogen-bond acceptors (Lipinski definition) is 6. The van der Waals surface area contributed by atoms with E-state index >= 15 is 0 Å². The molecule has 0 radical (unpaired) electrons. The average molecular weight is 392 g/mol. The van der Waals surface area contributed by atoms with Gasteiger partial charge in [-0.3, -0.25) is 4.79 Å². The molecule has 0 saturated heterocycles. The Balaban J connectivity index is 1.71. The number of benzene rings is 1. The van der Waals surface area contributed by atoms with Crippen molar-refractivity contribution in [3.63, 3.8) is 0 Å². The van der Waals surface area contributed by atoms with Gasteiger partial charge in [-0.1, -0.05) is 26.0 Å². The van der Waals surface area contributed by atoms with Crippen molar-refractivity contribution in [2.45, 2.75) is 32.6 Å². The minimum atomic E-state index is -0.400. The van der Waals surface area contributed by atoms with Crippen LogP contribution in [0.4, 0.5) is 0 Å². The highest BCUT2D eigenvalue weighted by molar-refractivity contribution is 7.19. The van der Waals surface area contributed by atoms with E-state index in [1.165, 1.54) is 0 Å². The van der Waals surface area contributed by atoms with Crippen LogP contribution in [0.3, 0.4) is 0 Å². The number of para-hydroxylation sites is 1. The smallest absolute Gasteiger partial charge is 0.197 e. The molecule has 0 saturated carbocycles. The van der Waals surface area contributed by atoms with Crippen molar-refractivity contribution in [2.24, 2.45) is 11.1 Å². The SMILES string of the molecule is CC1(C)CC(=O)C2=C(C1)OC(N)=C(c1nc3ccccc3s1)C2c1ccco1. The van der Waals surface area contributed by atoms with Gasteiger partial charge in [-0.05, 0) is 29.7 Å². The Morgan fingerprint density at radius 2 is 1.96 bits per heavy atom. The lowest BCUT2D eigenvalue weighted by atomic mass is 9.71. The van der Waals surface area contributed by atoms with E-state index in [4.69, 9.17) is 19.9 Å². The molecule has 1 aliphatic carbocycles. The van der Waals surface area contributed by atoms with Crippen molar-refractivity contribution in [3.8, 4) is 0 Å². The molecule has 142 valence electrons. The summed E-state index contributed by atoms with van der Waals surface area (Å²) in [6.07, 6.45) is 2.76. The third kappa shape index (κ3) is 2.67. The van der Waals surface area contributed by atoms with Crippen molar-refractivity contribution >= 4 is 32.9 Å². The van der Waals surface area contributed by atoms with E-state index in [2.05, 4.69) is 13.8 Å². The van der Waals surface area contributed by atoms with E-state index in [-0.39, 0.29) is 11.2 Å². The summed E-state index contributed by atoms with van der Waals surface area (Å²) in [5.41, 5.74) is 8.51. The fourth-order valence-electron chi connectivity index (χ4n) is 4.12. The normalized spacial score (nSPS) is 21.8. The highest BCUT2D eigenvalue weighted by Crippen LogP contribution is 2.51. The molecule has 2 N–H and O–H groups in total. The van der Waals surface area contributed by atoms with Gasteiger partial charge >= 0.3 is 0 Å². The summed E-state index contributed by atoms with van der Waals surface area (Å²) >= 11 is 1.54. The number of nitrogens with zero attached hydrogens (tertiary/aromatic N) is 1. The fraction of sp³-hybridized carbons (Fsp3) is 0.273. The summed E-state index contributed by atoms with van der Waals surface area (Å²) in [6.45, 7) is 4.14. The number of furan rings is 1. The molecule has 6 heteroatoms. The monoisotopic (exact) mass is 392 g/mol. The van der Waals surface area contributed by atoms with Crippen LogP contribution in [0.25, 0.3) is 15.8 Å². The summed E-state index contributed by atoms with van der Waals surface area (Å²) < 4.78 is 12.8. The minimum Gasteiger partial charge on any atom is -0.468 e. The van der Waals surface area contributed by atoms with Crippen molar-refractivity contribution in [1.82, 2.24) is 4.98 Å². The Hall–Kier alpha value is -2.86. The molecule has 0 fully saturated rings. The van der Waals surface area contributed by atoms with Crippen LogP contribution in [0.5, 0.6) is 0 Å². The van der Waals surface area contributed by atoms with E-state index in [1.54, 1.807) is 17.6 Å². The topological polar surface area (TPSA) is 78.4 Å². The zero-order valence-electron chi connectivity index (χ0n) is 15.7. The van der Waals surface area contributed by atoms with Crippen molar-refractivity contribution in [1.29, 1.82) is 0 Å². The van der Waals surface area contributed by atoms with Crippen molar-refractivity contribution < 1.29 is 13.9 Å². The number of carbonyl (C=O) groups excluding carboxylic acids is 1. The van der Waals surface area contributed by atoms with Gasteiger partial charge in [-0.15, -0.1) is 11.3 Å². The summed E-state index contributed by atoms with van der Waals surface area (Å²) in [5, 5.41) is 0.754. The average Bonchev–Trinajstić information content (AvgIpc) is 3.28. The zero-order chi connectivity index (χ0) is 19.5. The summed E-state index contributed by atoms with van der Waals surface area (Å²) in [7, 11) is 0. The highest BCUT2D eigenvalue weighted by atomic mass is 32.1. The number of nitrogens with two attached hydrogens (primary N) is 1. The number of carbonyl (C=O) groups is 1. The molecule has 1 unspecified atom stereocenters. The molecule has 3 heterocycles. The lowest BCUT2D eigenvalue weighted by Gasteiger charge is -2.37. The Morgan fingerprint density at radius 1 is 1.14 bits per heavy atom. The van der Waals surface area contributed by atoms with Gasteiger partial charge in [0, 0.05) is 18.4 Å². The van der Waals surface area contributed by atoms with E-state index in [0.29, 0.717) is 41.4 Å². The Kier molecular flexibility index (Phi) is 3.74. The van der Waals surface area contributed by atoms with Crippen LogP contribution in [0.1, 0.15) is 43.4 Å². The van der Waals surface area contributed by atoms with E-state index in [0.717, 1.165) is 15.2 Å². The predicted molar refractivity (Wildman–Crippen MR) is 108 cm³/mol. The summed E-state index contributed by atoms with van der Waals surface area (Å²) in [5.74, 6) is 1.32. The Labute approximate surface area is 166 Å². The maximum atomic E-state index is 13.1. The molecule has 1 atom stereocenters. The second kappa shape index (κ2) is 6.07. The molecule has 1 aromatic carbocycles. The molecule has 2 aromatic heterocycles. The first kappa shape index (κ1) is 17.3. The van der Waals surface area contributed by atoms with Crippen LogP contribution >= 0.6 is 11.3 Å². The largest absolute Gasteiger partial charge is 0.468 e. The number of hydrogen-bond donors (Lipinski definition) is 1. The standard InChI is InChI=1S/C22H20N2O3S/c1-22(2)10-13(25)17-15(11-22)27-20(23)19(18(17)14-7-5-9-26-14)21-24-12-6-3-4-8-16(12)28-21/h3-9,18H,10-11,23H2,1-2H3. The van der Waals surface area contributed by atoms with Crippen LogP contribution in [0.15, 0.2) is 64.3 Å². The molecule has 3 aromatic rings. The van der Waals surface area contributed by atoms with Crippen LogP contribution in [0.2, 0.25) is 0 Å². The number of ether oxygens (including phenoxy) is 1. The molecule has 28 heavy (non-hydrogen) atoms. The Bertz CT molecular complexity index is 1120. The molecular formula is C22H20N2O3S. The second-order valence-electron chi connectivity index (χ2n) is 8.09. The number of fused-ring (bicyclic) bond motifs is 1. The lowest BCUT2D eigenvalue weighted by Crippen LogP contribution is -2.33. The maximum absolute atomic E-state index is 13.1. The van der Waals surface area contributed by atoms with Crippen molar-refractivity contribution in [3.05, 3.63) is 70.6 Å². The van der Waals surface area contributed by atoms with Gasteiger partial charge in [0.2, 0.25) is 0 Å².